The maximum absolute atomic E-state index is 12.7. The maximum atomic E-state index is 12.7. The first-order valence-corrected chi connectivity index (χ1v) is 11.0. The van der Waals surface area contributed by atoms with Crippen molar-refractivity contribution in [2.75, 3.05) is 0 Å². The van der Waals surface area contributed by atoms with Gasteiger partial charge in [-0.15, -0.1) is 0 Å². The molecule has 2 aromatic heterocycles. The Hall–Kier alpha value is -3.52. The number of pyridine rings is 1. The summed E-state index contributed by atoms with van der Waals surface area (Å²) in [6.45, 7) is -0.0854. The molecule has 5 rings (SSSR count). The topological polar surface area (TPSA) is 90.0 Å². The van der Waals surface area contributed by atoms with Gasteiger partial charge in [0.1, 0.15) is 6.54 Å². The van der Waals surface area contributed by atoms with E-state index in [1.807, 2.05) is 42.5 Å². The number of amides is 1. The van der Waals surface area contributed by atoms with E-state index in [1.165, 1.54) is 16.2 Å². The SMILES string of the molecule is O=C(Cn1cc(-c2nc(-c3cccc(Br)c3)no2)ccc1=O)N[C@H]1CCc2ccccc21. The van der Waals surface area contributed by atoms with Crippen molar-refractivity contribution >= 4 is 21.8 Å². The van der Waals surface area contributed by atoms with Crippen LogP contribution in [-0.2, 0) is 17.8 Å². The predicted molar refractivity (Wildman–Crippen MR) is 123 cm³/mol. The highest BCUT2D eigenvalue weighted by Crippen LogP contribution is 2.30. The van der Waals surface area contributed by atoms with Gasteiger partial charge in [-0.05, 0) is 42.2 Å². The van der Waals surface area contributed by atoms with Crippen molar-refractivity contribution in [1.82, 2.24) is 20.0 Å². The van der Waals surface area contributed by atoms with Gasteiger partial charge in [0.25, 0.3) is 11.4 Å². The molecule has 0 aliphatic heterocycles. The van der Waals surface area contributed by atoms with Crippen molar-refractivity contribution in [3.63, 3.8) is 0 Å². The molecule has 2 aromatic carbocycles. The number of hydrogen-bond acceptors (Lipinski definition) is 5. The van der Waals surface area contributed by atoms with Crippen molar-refractivity contribution in [3.05, 3.63) is 92.8 Å². The third-order valence-corrected chi connectivity index (χ3v) is 6.01. The van der Waals surface area contributed by atoms with Crippen molar-refractivity contribution in [3.8, 4) is 22.8 Å². The van der Waals surface area contributed by atoms with E-state index in [2.05, 4.69) is 37.5 Å². The molecule has 4 aromatic rings. The number of aromatic nitrogens is 3. The fraction of sp³-hybridized carbons (Fsp3) is 0.167. The Labute approximate surface area is 192 Å². The minimum absolute atomic E-state index is 0.0266. The summed E-state index contributed by atoms with van der Waals surface area (Å²) < 4.78 is 7.66. The van der Waals surface area contributed by atoms with Crippen LogP contribution in [0.3, 0.4) is 0 Å². The standard InChI is InChI=1S/C24H19BrN4O3/c25-18-6-3-5-16(12-18)23-27-24(32-28-23)17-9-11-22(31)29(13-17)14-21(30)26-20-10-8-15-4-1-2-7-19(15)20/h1-7,9,11-13,20H,8,10,14H2,(H,26,30)/t20-/m0/s1. The third kappa shape index (κ3) is 4.13. The summed E-state index contributed by atoms with van der Waals surface area (Å²) in [6.07, 6.45) is 3.37. The largest absolute Gasteiger partial charge is 0.348 e. The lowest BCUT2D eigenvalue weighted by atomic mass is 10.1. The smallest absolute Gasteiger partial charge is 0.259 e. The summed E-state index contributed by atoms with van der Waals surface area (Å²) >= 11 is 3.43. The zero-order valence-electron chi connectivity index (χ0n) is 17.0. The van der Waals surface area contributed by atoms with Crippen molar-refractivity contribution < 1.29 is 9.32 Å². The number of carbonyl (C=O) groups excluding carboxylic acids is 1. The van der Waals surface area contributed by atoms with Crippen LogP contribution >= 0.6 is 15.9 Å². The number of fused-ring (bicyclic) bond motifs is 1. The highest BCUT2D eigenvalue weighted by Gasteiger charge is 2.23. The van der Waals surface area contributed by atoms with Crippen LogP contribution in [0.1, 0.15) is 23.6 Å². The minimum Gasteiger partial charge on any atom is -0.348 e. The normalized spacial score (nSPS) is 14.8. The second kappa shape index (κ2) is 8.55. The van der Waals surface area contributed by atoms with Crippen LogP contribution in [0, 0.1) is 0 Å². The van der Waals surface area contributed by atoms with Crippen LogP contribution < -0.4 is 10.9 Å². The summed E-state index contributed by atoms with van der Waals surface area (Å²) in [5.74, 6) is 0.502. The number of carbonyl (C=O) groups is 1. The number of rotatable bonds is 5. The summed E-state index contributed by atoms with van der Waals surface area (Å²) in [4.78, 5) is 29.5. The molecule has 0 saturated heterocycles. The highest BCUT2D eigenvalue weighted by atomic mass is 79.9. The van der Waals surface area contributed by atoms with Crippen LogP contribution in [-0.4, -0.2) is 20.6 Å². The summed E-state index contributed by atoms with van der Waals surface area (Å²) in [5, 5.41) is 7.08. The third-order valence-electron chi connectivity index (χ3n) is 5.52. The van der Waals surface area contributed by atoms with Gasteiger partial charge < -0.3 is 14.4 Å². The molecule has 1 amide bonds. The van der Waals surface area contributed by atoms with Crippen LogP contribution in [0.25, 0.3) is 22.8 Å². The summed E-state index contributed by atoms with van der Waals surface area (Å²) in [6, 6.07) is 18.7. The second-order valence-electron chi connectivity index (χ2n) is 7.67. The molecule has 7 nitrogen and oxygen atoms in total. The quantitative estimate of drug-likeness (QED) is 0.454. The molecule has 32 heavy (non-hydrogen) atoms. The van der Waals surface area contributed by atoms with Crippen molar-refractivity contribution in [1.29, 1.82) is 0 Å². The van der Waals surface area contributed by atoms with Gasteiger partial charge in [0.2, 0.25) is 11.7 Å². The molecule has 0 fully saturated rings. The van der Waals surface area contributed by atoms with E-state index in [9.17, 15) is 9.59 Å². The van der Waals surface area contributed by atoms with Gasteiger partial charge in [0.15, 0.2) is 0 Å². The molecule has 0 bridgehead atoms. The molecule has 2 heterocycles. The molecule has 0 unspecified atom stereocenters. The van der Waals surface area contributed by atoms with Gasteiger partial charge in [-0.1, -0.05) is 57.5 Å². The van der Waals surface area contributed by atoms with Gasteiger partial charge in [-0.25, -0.2) is 0 Å². The Kier molecular flexibility index (Phi) is 5.45. The fourth-order valence-corrected chi connectivity index (χ4v) is 4.37. The molecule has 8 heteroatoms. The average molecular weight is 491 g/mol. The number of nitrogens with zero attached hydrogens (tertiary/aromatic N) is 3. The van der Waals surface area contributed by atoms with Crippen LogP contribution in [0.15, 0.2) is 80.7 Å². The zero-order chi connectivity index (χ0) is 22.1. The molecule has 1 atom stereocenters. The molecule has 0 saturated carbocycles. The average Bonchev–Trinajstić information content (AvgIpc) is 3.43. The number of halogens is 1. The van der Waals surface area contributed by atoms with E-state index in [1.54, 1.807) is 12.3 Å². The monoisotopic (exact) mass is 490 g/mol. The lowest BCUT2D eigenvalue weighted by Crippen LogP contribution is -2.33. The molecule has 0 radical (unpaired) electrons. The Morgan fingerprint density at radius 3 is 2.88 bits per heavy atom. The van der Waals surface area contributed by atoms with Crippen LogP contribution in [0.2, 0.25) is 0 Å². The Bertz CT molecular complexity index is 1360. The van der Waals surface area contributed by atoms with E-state index in [-0.39, 0.29) is 29.9 Å². The van der Waals surface area contributed by atoms with E-state index in [0.29, 0.717) is 11.4 Å². The first-order valence-electron chi connectivity index (χ1n) is 10.2. The van der Waals surface area contributed by atoms with Gasteiger partial charge in [-0.3, -0.25) is 9.59 Å². The minimum atomic E-state index is -0.276. The molecule has 1 aliphatic carbocycles. The lowest BCUT2D eigenvalue weighted by molar-refractivity contribution is -0.122. The van der Waals surface area contributed by atoms with Gasteiger partial charge in [0, 0.05) is 22.3 Å². The molecule has 0 spiro atoms. The van der Waals surface area contributed by atoms with Crippen LogP contribution in [0.4, 0.5) is 0 Å². The number of benzene rings is 2. The van der Waals surface area contributed by atoms with Crippen LogP contribution in [0.5, 0.6) is 0 Å². The van der Waals surface area contributed by atoms with Gasteiger partial charge in [0.05, 0.1) is 11.6 Å². The van der Waals surface area contributed by atoms with Crippen molar-refractivity contribution in [2.45, 2.75) is 25.4 Å². The van der Waals surface area contributed by atoms with E-state index < -0.39 is 0 Å². The highest BCUT2D eigenvalue weighted by molar-refractivity contribution is 9.10. The zero-order valence-corrected chi connectivity index (χ0v) is 18.6. The number of hydrogen-bond donors (Lipinski definition) is 1. The molecular formula is C24H19BrN4O3. The summed E-state index contributed by atoms with van der Waals surface area (Å²) in [5.41, 5.74) is 3.50. The summed E-state index contributed by atoms with van der Waals surface area (Å²) in [7, 11) is 0. The first-order chi connectivity index (χ1) is 15.6. The van der Waals surface area contributed by atoms with Gasteiger partial charge >= 0.3 is 0 Å². The Morgan fingerprint density at radius 2 is 2.00 bits per heavy atom. The molecule has 1 N–H and O–H groups in total. The predicted octanol–water partition coefficient (Wildman–Crippen LogP) is 4.13. The second-order valence-corrected chi connectivity index (χ2v) is 8.59. The van der Waals surface area contributed by atoms with E-state index >= 15 is 0 Å². The van der Waals surface area contributed by atoms with E-state index in [0.717, 1.165) is 28.4 Å². The lowest BCUT2D eigenvalue weighted by Gasteiger charge is -2.15. The fourth-order valence-electron chi connectivity index (χ4n) is 3.97. The van der Waals surface area contributed by atoms with E-state index in [4.69, 9.17) is 4.52 Å². The molecule has 160 valence electrons. The Balaban J connectivity index is 1.33. The maximum Gasteiger partial charge on any atom is 0.259 e. The Morgan fingerprint density at radius 1 is 1.12 bits per heavy atom. The molecule has 1 aliphatic rings. The number of nitrogens with one attached hydrogen (secondary N) is 1. The van der Waals surface area contributed by atoms with Gasteiger partial charge in [-0.2, -0.15) is 4.98 Å². The number of aryl methyl sites for hydroxylation is 1. The first kappa shape index (κ1) is 20.4. The molecular weight excluding hydrogens is 472 g/mol. The van der Waals surface area contributed by atoms with Crippen molar-refractivity contribution in [2.24, 2.45) is 0 Å².